The van der Waals surface area contributed by atoms with Gasteiger partial charge >= 0.3 is 27.7 Å². The average molecular weight is 536 g/mol. The van der Waals surface area contributed by atoms with Crippen LogP contribution in [0.1, 0.15) is 5.56 Å². The largest absolute Gasteiger partial charge is 0.265 e. The number of hydrogen-bond acceptors (Lipinski definition) is 3. The van der Waals surface area contributed by atoms with E-state index in [9.17, 15) is 0 Å². The number of benzene rings is 3. The molecule has 31 heavy (non-hydrogen) atoms. The minimum Gasteiger partial charge on any atom is -0.265 e. The van der Waals surface area contributed by atoms with Crippen molar-refractivity contribution in [3.63, 3.8) is 0 Å². The Kier molecular flexibility index (Phi) is 9.33. The number of fused-ring (bicyclic) bond motifs is 3. The summed E-state index contributed by atoms with van der Waals surface area (Å²) in [5.74, 6) is 0. The molecule has 0 radical (unpaired) electrons. The molecule has 0 aliphatic rings. The fraction of sp³-hybridized carbons (Fsp3) is 0.0400. The standard InChI is InChI=1S/C20H15N2S.C5H5N.ClH.Pd/c1-14-7-11-17(12-8-14)23-22-18-6-2-4-15-9-10-16-5-3-13-21-20(16)19(15)18;1-2-4-6-5-3-1;;/h2-13H,1H3;1-5H;1H;/q-1;;;+2/p-1. The Morgan fingerprint density at radius 2 is 1.45 bits per heavy atom. The van der Waals surface area contributed by atoms with Gasteiger partial charge in [-0.05, 0) is 52.9 Å². The van der Waals surface area contributed by atoms with E-state index in [4.69, 9.17) is 4.72 Å². The maximum Gasteiger partial charge on any atom is 0.0267 e. The average Bonchev–Trinajstić information content (AvgIpc) is 2.86. The molecule has 3 aromatic carbocycles. The molecule has 6 heteroatoms. The zero-order valence-corrected chi connectivity index (χ0v) is 19.9. The molecule has 5 rings (SSSR count). The molecule has 0 fully saturated rings. The van der Waals surface area contributed by atoms with E-state index in [0.29, 0.717) is 0 Å². The number of rotatable bonds is 3. The third-order valence-electron chi connectivity index (χ3n) is 4.43. The summed E-state index contributed by atoms with van der Waals surface area (Å²) in [5.41, 5.74) is 3.24. The summed E-state index contributed by atoms with van der Waals surface area (Å²) < 4.78 is 4.76. The van der Waals surface area contributed by atoms with Crippen LogP contribution in [0.3, 0.4) is 0 Å². The number of nitrogens with zero attached hydrogens (tertiary/aromatic N) is 3. The molecule has 0 saturated heterocycles. The van der Waals surface area contributed by atoms with E-state index < -0.39 is 0 Å². The predicted molar refractivity (Wildman–Crippen MR) is 129 cm³/mol. The van der Waals surface area contributed by atoms with E-state index in [-0.39, 0.29) is 0 Å². The zero-order chi connectivity index (χ0) is 21.9. The Hall–Kier alpha value is -2.42. The molecule has 0 spiro atoms. The molecule has 0 N–H and O–H groups in total. The number of aromatic nitrogens is 2. The molecule has 2 heterocycles. The van der Waals surface area contributed by atoms with Crippen LogP contribution in [-0.4, -0.2) is 9.97 Å². The first-order valence-corrected chi connectivity index (χ1v) is 12.3. The molecule has 0 amide bonds. The fourth-order valence-corrected chi connectivity index (χ4v) is 3.60. The van der Waals surface area contributed by atoms with Crippen molar-refractivity contribution in [2.75, 3.05) is 0 Å². The van der Waals surface area contributed by atoms with Gasteiger partial charge in [-0.3, -0.25) is 9.97 Å². The molecular weight excluding hydrogens is 516 g/mol. The number of aryl methyl sites for hydroxylation is 1. The molecule has 0 atom stereocenters. The van der Waals surface area contributed by atoms with Crippen LogP contribution < -0.4 is 0 Å². The first kappa shape index (κ1) is 23.2. The molecule has 0 unspecified atom stereocenters. The van der Waals surface area contributed by atoms with Gasteiger partial charge < -0.3 is 4.72 Å². The van der Waals surface area contributed by atoms with Gasteiger partial charge in [0.2, 0.25) is 0 Å². The summed E-state index contributed by atoms with van der Waals surface area (Å²) in [6.45, 7) is 2.09. The second-order valence-electron chi connectivity index (χ2n) is 6.54. The summed E-state index contributed by atoms with van der Waals surface area (Å²) in [4.78, 5) is 9.49. The van der Waals surface area contributed by atoms with E-state index in [0.717, 1.165) is 26.9 Å². The van der Waals surface area contributed by atoms with Crippen LogP contribution in [-0.2, 0) is 18.2 Å². The summed E-state index contributed by atoms with van der Waals surface area (Å²) in [5, 5.41) is 3.43. The van der Waals surface area contributed by atoms with Gasteiger partial charge in [0, 0.05) is 24.0 Å². The minimum absolute atomic E-state index is 0.970. The number of halogens is 1. The van der Waals surface area contributed by atoms with Crippen molar-refractivity contribution < 1.29 is 18.2 Å². The monoisotopic (exact) mass is 535 g/mol. The predicted octanol–water partition coefficient (Wildman–Crippen LogP) is 8.18. The van der Waals surface area contributed by atoms with Crippen molar-refractivity contribution >= 4 is 48.8 Å². The molecule has 0 aliphatic carbocycles. The Labute approximate surface area is 201 Å². The van der Waals surface area contributed by atoms with Crippen LogP contribution >= 0.6 is 21.5 Å². The van der Waals surface area contributed by atoms with Gasteiger partial charge in [-0.25, -0.2) is 11.9 Å². The van der Waals surface area contributed by atoms with Crippen LogP contribution in [0.15, 0.2) is 108 Å². The Morgan fingerprint density at radius 3 is 2.13 bits per heavy atom. The minimum atomic E-state index is 0.970. The number of hydrogen-bond donors (Lipinski definition) is 0. The van der Waals surface area contributed by atoms with Crippen molar-refractivity contribution in [3.05, 3.63) is 114 Å². The Balaban J connectivity index is 0.000000291. The van der Waals surface area contributed by atoms with Crippen molar-refractivity contribution in [2.24, 2.45) is 0 Å². The van der Waals surface area contributed by atoms with E-state index in [1.165, 1.54) is 22.9 Å². The van der Waals surface area contributed by atoms with E-state index in [1.807, 2.05) is 36.5 Å². The topological polar surface area (TPSA) is 39.9 Å². The first-order valence-electron chi connectivity index (χ1n) is 9.49. The van der Waals surface area contributed by atoms with Crippen LogP contribution in [0.2, 0.25) is 0 Å². The molecule has 5 aromatic rings. The summed E-state index contributed by atoms with van der Waals surface area (Å²) in [6, 6.07) is 28.7. The van der Waals surface area contributed by atoms with Gasteiger partial charge in [0.1, 0.15) is 0 Å². The first-order chi connectivity index (χ1) is 15.3. The van der Waals surface area contributed by atoms with E-state index in [1.54, 1.807) is 12.4 Å². The van der Waals surface area contributed by atoms with Crippen molar-refractivity contribution in [1.82, 2.24) is 9.97 Å². The molecule has 0 saturated carbocycles. The third kappa shape index (κ3) is 6.53. The fourth-order valence-electron chi connectivity index (χ4n) is 2.98. The smallest absolute Gasteiger partial charge is 0.0267 e. The zero-order valence-electron chi connectivity index (χ0n) is 16.8. The number of pyridine rings is 2. The molecule has 0 bridgehead atoms. The summed E-state index contributed by atoms with van der Waals surface area (Å²) >= 11 is 3.73. The molecular formula is C25H20ClN3PdS. The van der Waals surface area contributed by atoms with Gasteiger partial charge in [0.15, 0.2) is 0 Å². The third-order valence-corrected chi connectivity index (χ3v) is 5.20. The Bertz CT molecular complexity index is 1190. The van der Waals surface area contributed by atoms with Crippen molar-refractivity contribution in [2.45, 2.75) is 11.8 Å². The Morgan fingerprint density at radius 1 is 0.742 bits per heavy atom. The van der Waals surface area contributed by atoms with Gasteiger partial charge in [-0.2, -0.15) is 0 Å². The quantitative estimate of drug-likeness (QED) is 0.133. The van der Waals surface area contributed by atoms with Crippen LogP contribution in [0, 0.1) is 6.92 Å². The van der Waals surface area contributed by atoms with E-state index in [2.05, 4.69) is 99.2 Å². The maximum atomic E-state index is 4.76. The van der Waals surface area contributed by atoms with Crippen molar-refractivity contribution in [1.29, 1.82) is 0 Å². The van der Waals surface area contributed by atoms with Gasteiger partial charge in [0.25, 0.3) is 0 Å². The normalized spacial score (nSPS) is 9.94. The van der Waals surface area contributed by atoms with Crippen LogP contribution in [0.5, 0.6) is 0 Å². The van der Waals surface area contributed by atoms with Crippen LogP contribution in [0.25, 0.3) is 26.4 Å². The second-order valence-corrected chi connectivity index (χ2v) is 7.37. The maximum absolute atomic E-state index is 4.76. The summed E-state index contributed by atoms with van der Waals surface area (Å²) in [7, 11) is 4.49. The summed E-state index contributed by atoms with van der Waals surface area (Å²) in [6.07, 6.45) is 5.34. The van der Waals surface area contributed by atoms with Crippen LogP contribution in [0.4, 0.5) is 5.69 Å². The van der Waals surface area contributed by atoms with Gasteiger partial charge in [-0.15, -0.1) is 5.69 Å². The SMILES string of the molecule is Cc1ccc(S[N-]c2cccc3ccc4cccnc4c23)cc1.[Cl][Pd+].c1ccncc1. The van der Waals surface area contributed by atoms with Crippen molar-refractivity contribution in [3.8, 4) is 0 Å². The second kappa shape index (κ2) is 12.4. The van der Waals surface area contributed by atoms with Gasteiger partial charge in [0.05, 0.1) is 5.52 Å². The van der Waals surface area contributed by atoms with Gasteiger partial charge in [-0.1, -0.05) is 60.2 Å². The van der Waals surface area contributed by atoms with E-state index >= 15 is 0 Å². The molecule has 2 aromatic heterocycles. The molecule has 0 aliphatic heterocycles. The molecule has 3 nitrogen and oxygen atoms in total. The molecule has 158 valence electrons.